The van der Waals surface area contributed by atoms with Crippen molar-refractivity contribution in [2.24, 2.45) is 0 Å². The van der Waals surface area contributed by atoms with Gasteiger partial charge in [-0.05, 0) is 6.42 Å². The number of carbonyl (C=O) groups is 1. The number of unbranched alkanes of at least 4 members (excludes halogenated alkanes) is 2. The van der Waals surface area contributed by atoms with E-state index < -0.39 is 0 Å². The van der Waals surface area contributed by atoms with Crippen molar-refractivity contribution in [1.82, 2.24) is 0 Å². The molecule has 2 rings (SSSR count). The molecule has 2 nitrogen and oxygen atoms in total. The van der Waals surface area contributed by atoms with Crippen molar-refractivity contribution in [3.05, 3.63) is 60.7 Å². The van der Waals surface area contributed by atoms with Crippen LogP contribution in [-0.2, 0) is 9.53 Å². The van der Waals surface area contributed by atoms with Gasteiger partial charge in [-0.1, -0.05) is 95.5 Å². The Kier molecular flexibility index (Phi) is 8.56. The van der Waals surface area contributed by atoms with E-state index in [0.29, 0.717) is 6.42 Å². The Bertz CT molecular complexity index is 546. The third-order valence-electron chi connectivity index (χ3n) is 4.46. The number of rotatable bonds is 10. The van der Waals surface area contributed by atoms with Gasteiger partial charge in [0.2, 0.25) is 0 Å². The van der Waals surface area contributed by atoms with Gasteiger partial charge in [0.15, 0.2) is 0 Å². The van der Waals surface area contributed by atoms with E-state index in [-0.39, 0.29) is 25.0 Å². The quantitative estimate of drug-likeness (QED) is 0.369. The second-order valence-electron chi connectivity index (χ2n) is 6.42. The summed E-state index contributed by atoms with van der Waals surface area (Å²) in [5.41, 5.74) is 0. The van der Waals surface area contributed by atoms with Gasteiger partial charge in [-0.2, -0.15) is 0 Å². The van der Waals surface area contributed by atoms with Gasteiger partial charge >= 0.3 is 5.97 Å². The Morgan fingerprint density at radius 2 is 1.42 bits per heavy atom. The number of methoxy groups -OCH3 is 1. The van der Waals surface area contributed by atoms with Gasteiger partial charge in [0.1, 0.15) is 0 Å². The molecule has 0 radical (unpaired) electrons. The molecular formula is C20H28O2Si2. The van der Waals surface area contributed by atoms with Crippen LogP contribution in [0.4, 0.5) is 0 Å². The van der Waals surface area contributed by atoms with E-state index in [1.54, 1.807) is 10.4 Å². The molecule has 0 heterocycles. The van der Waals surface area contributed by atoms with Gasteiger partial charge in [-0.25, -0.2) is 0 Å². The fraction of sp³-hybridized carbons (Fsp3) is 0.350. The molecule has 0 fully saturated rings. The number of hydrogen-bond acceptors (Lipinski definition) is 2. The van der Waals surface area contributed by atoms with E-state index in [2.05, 4.69) is 60.7 Å². The van der Waals surface area contributed by atoms with E-state index >= 15 is 0 Å². The van der Waals surface area contributed by atoms with Crippen LogP contribution in [0.3, 0.4) is 0 Å². The van der Waals surface area contributed by atoms with Gasteiger partial charge in [0, 0.05) is 6.42 Å². The smallest absolute Gasteiger partial charge is 0.305 e. The number of esters is 1. The highest BCUT2D eigenvalue weighted by atomic mass is 28.3. The van der Waals surface area contributed by atoms with Crippen LogP contribution in [0.5, 0.6) is 0 Å². The molecule has 0 bridgehead atoms. The van der Waals surface area contributed by atoms with E-state index in [4.69, 9.17) is 4.74 Å². The Hall–Kier alpha value is -1.66. The normalized spacial score (nSPS) is 12.9. The molecule has 0 aliphatic carbocycles. The molecule has 0 N–H and O–H groups in total. The highest BCUT2D eigenvalue weighted by Gasteiger charge is 2.12. The topological polar surface area (TPSA) is 26.3 Å². The van der Waals surface area contributed by atoms with Crippen molar-refractivity contribution in [1.29, 1.82) is 0 Å². The first-order valence-electron chi connectivity index (χ1n) is 8.92. The van der Waals surface area contributed by atoms with Crippen LogP contribution in [0.25, 0.3) is 0 Å². The maximum atomic E-state index is 11.2. The Balaban J connectivity index is 1.84. The Morgan fingerprint density at radius 3 is 1.92 bits per heavy atom. The average Bonchev–Trinajstić information content (AvgIpc) is 2.62. The monoisotopic (exact) mass is 356 g/mol. The molecular weight excluding hydrogens is 328 g/mol. The molecule has 0 unspecified atom stereocenters. The van der Waals surface area contributed by atoms with Crippen LogP contribution < -0.4 is 10.4 Å². The van der Waals surface area contributed by atoms with Crippen molar-refractivity contribution in [3.8, 4) is 0 Å². The third kappa shape index (κ3) is 7.28. The minimum atomic E-state index is -0.225. The molecule has 2 aromatic rings. The zero-order chi connectivity index (χ0) is 17.0. The largest absolute Gasteiger partial charge is 0.469 e. The summed E-state index contributed by atoms with van der Waals surface area (Å²) in [5, 5.41) is 4.09. The van der Waals surface area contributed by atoms with Crippen molar-refractivity contribution in [2.75, 3.05) is 7.11 Å². The highest BCUT2D eigenvalue weighted by Crippen LogP contribution is 2.14. The zero-order valence-corrected chi connectivity index (χ0v) is 17.4. The lowest BCUT2D eigenvalue weighted by Gasteiger charge is -2.16. The lowest BCUT2D eigenvalue weighted by atomic mass is 10.1. The molecule has 0 saturated heterocycles. The number of hydrogen-bond donors (Lipinski definition) is 0. The van der Waals surface area contributed by atoms with E-state index in [1.165, 1.54) is 20.0 Å². The van der Waals surface area contributed by atoms with Crippen LogP contribution in [0.1, 0.15) is 32.1 Å². The summed E-state index contributed by atoms with van der Waals surface area (Å²) in [7, 11) is 1.02. The van der Waals surface area contributed by atoms with Gasteiger partial charge in [0.05, 0.1) is 26.1 Å². The first-order valence-corrected chi connectivity index (χ1v) is 12.0. The predicted molar refractivity (Wildman–Crippen MR) is 108 cm³/mol. The number of ether oxygens (including phenoxy) is 1. The van der Waals surface area contributed by atoms with Gasteiger partial charge < -0.3 is 4.74 Å². The van der Waals surface area contributed by atoms with Gasteiger partial charge in [0.25, 0.3) is 0 Å². The Labute approximate surface area is 150 Å². The molecule has 0 aliphatic rings. The van der Waals surface area contributed by atoms with Gasteiger partial charge in [-0.3, -0.25) is 4.79 Å². The SMILES string of the molecule is COC(=O)CCCCCC([SiH2]c1ccccc1)[SiH2]c1ccccc1. The van der Waals surface area contributed by atoms with Crippen LogP contribution in [0.15, 0.2) is 60.7 Å². The number of benzene rings is 2. The Morgan fingerprint density at radius 1 is 0.875 bits per heavy atom. The lowest BCUT2D eigenvalue weighted by Crippen LogP contribution is -2.29. The summed E-state index contributed by atoms with van der Waals surface area (Å²) in [6.45, 7) is 0. The summed E-state index contributed by atoms with van der Waals surface area (Å²) < 4.78 is 4.71. The van der Waals surface area contributed by atoms with Crippen molar-refractivity contribution in [2.45, 2.75) is 37.3 Å². The maximum absolute atomic E-state index is 11.2. The minimum Gasteiger partial charge on any atom is -0.469 e. The summed E-state index contributed by atoms with van der Waals surface area (Å²) >= 11 is 0. The highest BCUT2D eigenvalue weighted by molar-refractivity contribution is 6.73. The lowest BCUT2D eigenvalue weighted by molar-refractivity contribution is -0.140. The van der Waals surface area contributed by atoms with E-state index in [9.17, 15) is 4.79 Å². The molecule has 24 heavy (non-hydrogen) atoms. The maximum Gasteiger partial charge on any atom is 0.305 e. The van der Waals surface area contributed by atoms with Crippen molar-refractivity contribution in [3.63, 3.8) is 0 Å². The molecule has 0 aliphatic heterocycles. The molecule has 0 spiro atoms. The van der Waals surface area contributed by atoms with Crippen molar-refractivity contribution < 1.29 is 9.53 Å². The summed E-state index contributed by atoms with van der Waals surface area (Å²) in [6, 6.07) is 22.1. The molecule has 0 saturated carbocycles. The molecule has 0 atom stereocenters. The molecule has 0 amide bonds. The van der Waals surface area contributed by atoms with Crippen LogP contribution in [0.2, 0.25) is 5.16 Å². The van der Waals surface area contributed by atoms with E-state index in [1.807, 2.05) is 0 Å². The summed E-state index contributed by atoms with van der Waals surface area (Å²) in [6.07, 6.45) is 5.22. The fourth-order valence-electron chi connectivity index (χ4n) is 3.15. The average molecular weight is 357 g/mol. The van der Waals surface area contributed by atoms with Crippen LogP contribution >= 0.6 is 0 Å². The summed E-state index contributed by atoms with van der Waals surface area (Å²) in [5.74, 6) is -0.0797. The zero-order valence-electron chi connectivity index (χ0n) is 14.6. The van der Waals surface area contributed by atoms with Crippen LogP contribution in [0, 0.1) is 0 Å². The molecule has 0 aromatic heterocycles. The fourth-order valence-corrected chi connectivity index (χ4v) is 9.14. The number of carbonyl (C=O) groups excluding carboxylic acids is 1. The summed E-state index contributed by atoms with van der Waals surface area (Å²) in [4.78, 5) is 11.2. The standard InChI is InChI=1S/C20H28O2Si2/c1-22-19(21)15-9-4-10-16-20(23-17-11-5-2-6-12-17)24-18-13-7-3-8-14-18/h2-3,5-8,11-14,20H,4,9-10,15-16,23-24H2,1H3. The van der Waals surface area contributed by atoms with Crippen LogP contribution in [-0.4, -0.2) is 32.1 Å². The molecule has 2 aromatic carbocycles. The minimum absolute atomic E-state index is 0.0797. The predicted octanol–water partition coefficient (Wildman–Crippen LogP) is 1.84. The first kappa shape index (κ1) is 18.7. The molecule has 128 valence electrons. The van der Waals surface area contributed by atoms with E-state index in [0.717, 1.165) is 18.0 Å². The second-order valence-corrected chi connectivity index (χ2v) is 12.3. The first-order chi connectivity index (χ1) is 11.8. The van der Waals surface area contributed by atoms with Crippen molar-refractivity contribution >= 4 is 35.4 Å². The third-order valence-corrected chi connectivity index (χ3v) is 10.0. The second kappa shape index (κ2) is 11.0. The van der Waals surface area contributed by atoms with Gasteiger partial charge in [-0.15, -0.1) is 0 Å². The molecule has 4 heteroatoms.